The van der Waals surface area contributed by atoms with Gasteiger partial charge < -0.3 is 14.6 Å². The average molecular weight is 386 g/mol. The van der Waals surface area contributed by atoms with E-state index in [1.54, 1.807) is 19.1 Å². The van der Waals surface area contributed by atoms with Crippen molar-refractivity contribution in [1.29, 1.82) is 0 Å². The Bertz CT molecular complexity index is 840. The minimum absolute atomic E-state index is 0.0235. The second-order valence-corrected chi connectivity index (χ2v) is 5.88. The first-order valence-corrected chi connectivity index (χ1v) is 7.76. The van der Waals surface area contributed by atoms with Gasteiger partial charge in [0.25, 0.3) is 0 Å². The number of carboxylic acids is 1. The Labute approximate surface area is 152 Å². The standard InChI is InChI=1S/C16H13Cl2NO6/c1-8-3-5-11(17)15(14(8)18)25-13-6-4-10(7-12(13)19(22)23)24-9(2)16(20)21/h3-7,9H,1-2H3,(H,20,21). The van der Waals surface area contributed by atoms with Crippen LogP contribution in [-0.2, 0) is 4.79 Å². The van der Waals surface area contributed by atoms with Gasteiger partial charge in [-0.15, -0.1) is 0 Å². The van der Waals surface area contributed by atoms with Crippen molar-refractivity contribution in [2.45, 2.75) is 20.0 Å². The summed E-state index contributed by atoms with van der Waals surface area (Å²) < 4.78 is 10.7. The molecule has 2 aromatic carbocycles. The van der Waals surface area contributed by atoms with Crippen LogP contribution in [0.4, 0.5) is 5.69 Å². The molecule has 132 valence electrons. The zero-order chi connectivity index (χ0) is 18.7. The molecule has 1 atom stereocenters. The summed E-state index contributed by atoms with van der Waals surface area (Å²) in [5.74, 6) is -1.18. The van der Waals surface area contributed by atoms with Gasteiger partial charge in [0.05, 0.1) is 21.0 Å². The SMILES string of the molecule is Cc1ccc(Cl)c(Oc2ccc(OC(C)C(=O)O)cc2[N+](=O)[O-])c1Cl. The number of carboxylic acid groups (broad SMARTS) is 1. The number of hydrogen-bond donors (Lipinski definition) is 1. The molecule has 0 heterocycles. The van der Waals surface area contributed by atoms with E-state index in [1.165, 1.54) is 19.1 Å². The van der Waals surface area contributed by atoms with E-state index >= 15 is 0 Å². The molecular formula is C16H13Cl2NO6. The molecule has 0 saturated heterocycles. The second-order valence-electron chi connectivity index (χ2n) is 5.09. The molecule has 1 unspecified atom stereocenters. The maximum atomic E-state index is 11.3. The van der Waals surface area contributed by atoms with E-state index in [0.29, 0.717) is 5.56 Å². The van der Waals surface area contributed by atoms with Gasteiger partial charge >= 0.3 is 11.7 Å². The van der Waals surface area contributed by atoms with Crippen LogP contribution in [0.5, 0.6) is 17.2 Å². The zero-order valence-corrected chi connectivity index (χ0v) is 14.7. The largest absolute Gasteiger partial charge is 0.479 e. The molecule has 25 heavy (non-hydrogen) atoms. The molecule has 0 aliphatic heterocycles. The first-order valence-electron chi connectivity index (χ1n) is 7.01. The van der Waals surface area contributed by atoms with E-state index in [4.69, 9.17) is 37.8 Å². The molecule has 0 aliphatic carbocycles. The monoisotopic (exact) mass is 385 g/mol. The number of carbonyl (C=O) groups is 1. The molecule has 0 spiro atoms. The van der Waals surface area contributed by atoms with Gasteiger partial charge in [0.2, 0.25) is 5.75 Å². The zero-order valence-electron chi connectivity index (χ0n) is 13.2. The molecule has 0 saturated carbocycles. The molecule has 0 fully saturated rings. The number of nitro groups is 1. The Morgan fingerprint density at radius 2 is 1.96 bits per heavy atom. The van der Waals surface area contributed by atoms with E-state index in [9.17, 15) is 14.9 Å². The Kier molecular flexibility index (Phi) is 5.71. The quantitative estimate of drug-likeness (QED) is 0.563. The van der Waals surface area contributed by atoms with Gasteiger partial charge in [-0.25, -0.2) is 4.79 Å². The van der Waals surface area contributed by atoms with Crippen molar-refractivity contribution in [3.8, 4) is 17.2 Å². The average Bonchev–Trinajstić information content (AvgIpc) is 2.55. The maximum absolute atomic E-state index is 11.3. The lowest BCUT2D eigenvalue weighted by molar-refractivity contribution is -0.385. The molecule has 9 heteroatoms. The van der Waals surface area contributed by atoms with Crippen molar-refractivity contribution in [1.82, 2.24) is 0 Å². The number of halogens is 2. The van der Waals surface area contributed by atoms with Crippen molar-refractivity contribution in [3.05, 3.63) is 56.1 Å². The van der Waals surface area contributed by atoms with Gasteiger partial charge in [0, 0.05) is 0 Å². The molecule has 0 radical (unpaired) electrons. The Balaban J connectivity index is 2.41. The van der Waals surface area contributed by atoms with Crippen LogP contribution >= 0.6 is 23.2 Å². The summed E-state index contributed by atoms with van der Waals surface area (Å²) in [6.45, 7) is 3.05. The molecule has 0 aliphatic rings. The lowest BCUT2D eigenvalue weighted by Gasteiger charge is -2.13. The van der Waals surface area contributed by atoms with Crippen molar-refractivity contribution in [3.63, 3.8) is 0 Å². The number of hydrogen-bond acceptors (Lipinski definition) is 5. The highest BCUT2D eigenvalue weighted by molar-refractivity contribution is 6.37. The van der Waals surface area contributed by atoms with Crippen molar-refractivity contribution in [2.75, 3.05) is 0 Å². The molecular weight excluding hydrogens is 373 g/mol. The highest BCUT2D eigenvalue weighted by Gasteiger charge is 2.22. The summed E-state index contributed by atoms with van der Waals surface area (Å²) in [6, 6.07) is 6.98. The summed E-state index contributed by atoms with van der Waals surface area (Å²) in [5, 5.41) is 20.6. The van der Waals surface area contributed by atoms with Crippen LogP contribution in [0.25, 0.3) is 0 Å². The third-order valence-electron chi connectivity index (χ3n) is 3.24. The molecule has 7 nitrogen and oxygen atoms in total. The topological polar surface area (TPSA) is 98.9 Å². The van der Waals surface area contributed by atoms with Crippen molar-refractivity contribution >= 4 is 34.9 Å². The van der Waals surface area contributed by atoms with Crippen molar-refractivity contribution < 1.29 is 24.3 Å². The van der Waals surface area contributed by atoms with Crippen LogP contribution < -0.4 is 9.47 Å². The highest BCUT2D eigenvalue weighted by Crippen LogP contribution is 2.41. The van der Waals surface area contributed by atoms with Gasteiger partial charge in [-0.3, -0.25) is 10.1 Å². The summed E-state index contributed by atoms with van der Waals surface area (Å²) in [4.78, 5) is 21.5. The maximum Gasteiger partial charge on any atom is 0.344 e. The van der Waals surface area contributed by atoms with Gasteiger partial charge in [0.15, 0.2) is 11.9 Å². The van der Waals surface area contributed by atoms with Crippen molar-refractivity contribution in [2.24, 2.45) is 0 Å². The lowest BCUT2D eigenvalue weighted by Crippen LogP contribution is -2.22. The number of ether oxygens (including phenoxy) is 2. The molecule has 0 aromatic heterocycles. The number of benzene rings is 2. The minimum atomic E-state index is -1.19. The number of rotatable bonds is 6. The van der Waals surface area contributed by atoms with Crippen LogP contribution in [0, 0.1) is 17.0 Å². The van der Waals surface area contributed by atoms with Gasteiger partial charge in [0.1, 0.15) is 5.75 Å². The van der Waals surface area contributed by atoms with Crippen LogP contribution in [0.2, 0.25) is 10.0 Å². The molecule has 2 aromatic rings. The van der Waals surface area contributed by atoms with Gasteiger partial charge in [-0.2, -0.15) is 0 Å². The van der Waals surface area contributed by atoms with E-state index in [0.717, 1.165) is 6.07 Å². The van der Waals surface area contributed by atoms with E-state index in [-0.39, 0.29) is 27.3 Å². The van der Waals surface area contributed by atoms with E-state index in [1.807, 2.05) is 0 Å². The number of nitrogens with zero attached hydrogens (tertiary/aromatic N) is 1. The van der Waals surface area contributed by atoms with Gasteiger partial charge in [-0.05, 0) is 37.6 Å². The Morgan fingerprint density at radius 1 is 1.28 bits per heavy atom. The summed E-state index contributed by atoms with van der Waals surface area (Å²) in [7, 11) is 0. The predicted molar refractivity (Wildman–Crippen MR) is 92.1 cm³/mol. The normalized spacial score (nSPS) is 11.7. The Hall–Kier alpha value is -2.51. The third kappa shape index (κ3) is 4.32. The third-order valence-corrected chi connectivity index (χ3v) is 4.01. The minimum Gasteiger partial charge on any atom is -0.479 e. The summed E-state index contributed by atoms with van der Waals surface area (Å²) in [5.41, 5.74) is 0.280. The first-order chi connectivity index (χ1) is 11.7. The van der Waals surface area contributed by atoms with Crippen LogP contribution in [-0.4, -0.2) is 22.1 Å². The van der Waals surface area contributed by atoms with Crippen LogP contribution in [0.1, 0.15) is 12.5 Å². The van der Waals surface area contributed by atoms with E-state index in [2.05, 4.69) is 0 Å². The number of aliphatic carboxylic acids is 1. The predicted octanol–water partition coefficient (Wildman–Crippen LogP) is 4.85. The fraction of sp³-hybridized carbons (Fsp3) is 0.188. The Morgan fingerprint density at radius 3 is 2.56 bits per heavy atom. The fourth-order valence-electron chi connectivity index (χ4n) is 1.89. The van der Waals surface area contributed by atoms with Crippen LogP contribution in [0.3, 0.4) is 0 Å². The lowest BCUT2D eigenvalue weighted by atomic mass is 10.2. The number of nitro benzene ring substituents is 1. The smallest absolute Gasteiger partial charge is 0.344 e. The molecule has 0 amide bonds. The number of aryl methyl sites for hydroxylation is 1. The molecule has 1 N–H and O–H groups in total. The molecule has 0 bridgehead atoms. The highest BCUT2D eigenvalue weighted by atomic mass is 35.5. The fourth-order valence-corrected chi connectivity index (χ4v) is 2.34. The van der Waals surface area contributed by atoms with Gasteiger partial charge in [-0.1, -0.05) is 29.3 Å². The first kappa shape index (κ1) is 18.8. The molecule has 2 rings (SSSR count). The second kappa shape index (κ2) is 7.58. The summed E-state index contributed by atoms with van der Waals surface area (Å²) in [6.07, 6.45) is -1.16. The summed E-state index contributed by atoms with van der Waals surface area (Å²) >= 11 is 12.2. The van der Waals surface area contributed by atoms with E-state index < -0.39 is 22.7 Å². The van der Waals surface area contributed by atoms with Crippen LogP contribution in [0.15, 0.2) is 30.3 Å².